The second-order valence-electron chi connectivity index (χ2n) is 5.04. The molecule has 1 heterocycles. The monoisotopic (exact) mass is 282 g/mol. The van der Waals surface area contributed by atoms with Crippen LogP contribution in [-0.2, 0) is 11.3 Å². The fourth-order valence-electron chi connectivity index (χ4n) is 2.45. The molecule has 1 aromatic carbocycles. The molecule has 0 radical (unpaired) electrons. The molecule has 1 N–H and O–H groups in total. The van der Waals surface area contributed by atoms with Crippen molar-refractivity contribution in [3.8, 4) is 0 Å². The topological polar surface area (TPSA) is 24.5 Å². The van der Waals surface area contributed by atoms with Crippen LogP contribution in [0.3, 0.4) is 0 Å². The highest BCUT2D eigenvalue weighted by molar-refractivity contribution is 6.31. The number of halogens is 1. The fourth-order valence-corrected chi connectivity index (χ4v) is 2.68. The molecule has 1 fully saturated rings. The van der Waals surface area contributed by atoms with Crippen LogP contribution in [0.4, 0.5) is 5.69 Å². The van der Waals surface area contributed by atoms with Crippen LogP contribution in [0.25, 0.3) is 0 Å². The van der Waals surface area contributed by atoms with Gasteiger partial charge < -0.3 is 15.0 Å². The van der Waals surface area contributed by atoms with Gasteiger partial charge in [0.1, 0.15) is 0 Å². The number of morpholine rings is 1. The summed E-state index contributed by atoms with van der Waals surface area (Å²) in [5, 5.41) is 4.29. The van der Waals surface area contributed by atoms with Crippen molar-refractivity contribution in [2.75, 3.05) is 31.1 Å². The summed E-state index contributed by atoms with van der Waals surface area (Å²) >= 11 is 6.37. The second kappa shape index (κ2) is 7.13. The molecule has 0 bridgehead atoms. The quantitative estimate of drug-likeness (QED) is 0.840. The molecule has 0 amide bonds. The predicted molar refractivity (Wildman–Crippen MR) is 81.1 cm³/mol. The minimum atomic E-state index is 0.282. The lowest BCUT2D eigenvalue weighted by atomic mass is 10.1. The number of benzene rings is 1. The van der Waals surface area contributed by atoms with E-state index >= 15 is 0 Å². The minimum Gasteiger partial charge on any atom is -0.375 e. The summed E-state index contributed by atoms with van der Waals surface area (Å²) in [4.78, 5) is 2.38. The van der Waals surface area contributed by atoms with Crippen molar-refractivity contribution >= 4 is 17.3 Å². The molecule has 1 aromatic rings. The van der Waals surface area contributed by atoms with Gasteiger partial charge in [0, 0.05) is 35.9 Å². The highest BCUT2D eigenvalue weighted by atomic mass is 35.5. The highest BCUT2D eigenvalue weighted by Crippen LogP contribution is 2.28. The molecule has 3 nitrogen and oxygen atoms in total. The van der Waals surface area contributed by atoms with Gasteiger partial charge in [0.2, 0.25) is 0 Å². The summed E-state index contributed by atoms with van der Waals surface area (Å²) < 4.78 is 5.61. The van der Waals surface area contributed by atoms with Crippen molar-refractivity contribution in [1.29, 1.82) is 0 Å². The van der Waals surface area contributed by atoms with Crippen LogP contribution in [0.2, 0.25) is 5.02 Å². The largest absolute Gasteiger partial charge is 0.375 e. The van der Waals surface area contributed by atoms with Gasteiger partial charge in [-0.25, -0.2) is 0 Å². The molecule has 4 heteroatoms. The van der Waals surface area contributed by atoms with E-state index in [1.807, 2.05) is 12.1 Å². The molecule has 0 aliphatic carbocycles. The Balaban J connectivity index is 2.16. The van der Waals surface area contributed by atoms with E-state index < -0.39 is 0 Å². The molecule has 1 aliphatic heterocycles. The van der Waals surface area contributed by atoms with E-state index in [9.17, 15) is 0 Å². The van der Waals surface area contributed by atoms with Gasteiger partial charge in [0.25, 0.3) is 0 Å². The van der Waals surface area contributed by atoms with Crippen LogP contribution in [0, 0.1) is 0 Å². The second-order valence-corrected chi connectivity index (χ2v) is 5.45. The van der Waals surface area contributed by atoms with Crippen LogP contribution in [0.15, 0.2) is 18.2 Å². The maximum absolute atomic E-state index is 6.37. The summed E-state index contributed by atoms with van der Waals surface area (Å²) in [5.41, 5.74) is 2.44. The van der Waals surface area contributed by atoms with Crippen molar-refractivity contribution in [2.24, 2.45) is 0 Å². The van der Waals surface area contributed by atoms with Gasteiger partial charge in [0.05, 0.1) is 12.7 Å². The first-order valence-corrected chi connectivity index (χ1v) is 7.44. The predicted octanol–water partition coefficient (Wildman–Crippen LogP) is 3.06. The third kappa shape index (κ3) is 3.85. The molecular weight excluding hydrogens is 260 g/mol. The van der Waals surface area contributed by atoms with Gasteiger partial charge in [-0.1, -0.05) is 24.6 Å². The van der Waals surface area contributed by atoms with Crippen LogP contribution in [-0.4, -0.2) is 32.3 Å². The average molecular weight is 283 g/mol. The smallest absolute Gasteiger partial charge is 0.0722 e. The van der Waals surface area contributed by atoms with E-state index in [2.05, 4.69) is 30.1 Å². The molecule has 0 aromatic heterocycles. The first kappa shape index (κ1) is 14.6. The van der Waals surface area contributed by atoms with Gasteiger partial charge in [-0.05, 0) is 32.0 Å². The number of rotatable bonds is 5. The Labute approximate surface area is 120 Å². The van der Waals surface area contributed by atoms with Gasteiger partial charge in [-0.3, -0.25) is 0 Å². The van der Waals surface area contributed by atoms with E-state index in [0.717, 1.165) is 44.2 Å². The molecule has 19 heavy (non-hydrogen) atoms. The molecule has 1 atom stereocenters. The van der Waals surface area contributed by atoms with E-state index in [4.69, 9.17) is 16.3 Å². The fraction of sp³-hybridized carbons (Fsp3) is 0.600. The number of nitrogens with zero attached hydrogens (tertiary/aromatic N) is 1. The van der Waals surface area contributed by atoms with Crippen molar-refractivity contribution in [2.45, 2.75) is 32.9 Å². The Morgan fingerprint density at radius 3 is 3.05 bits per heavy atom. The summed E-state index contributed by atoms with van der Waals surface area (Å²) in [7, 11) is 0. The number of ether oxygens (including phenoxy) is 1. The molecular formula is C15H23ClN2O. The summed E-state index contributed by atoms with van der Waals surface area (Å²) in [6.45, 7) is 8.79. The van der Waals surface area contributed by atoms with Gasteiger partial charge in [-0.15, -0.1) is 0 Å². The zero-order chi connectivity index (χ0) is 13.7. The highest BCUT2D eigenvalue weighted by Gasteiger charge is 2.20. The Kier molecular flexibility index (Phi) is 5.49. The Hall–Kier alpha value is -0.770. The molecule has 0 saturated carbocycles. The van der Waals surface area contributed by atoms with E-state index in [0.29, 0.717) is 0 Å². The first-order chi connectivity index (χ1) is 9.22. The Bertz CT molecular complexity index is 411. The zero-order valence-corrected chi connectivity index (χ0v) is 12.5. The lowest BCUT2D eigenvalue weighted by Crippen LogP contribution is -2.41. The third-order valence-electron chi connectivity index (χ3n) is 3.40. The Morgan fingerprint density at radius 2 is 2.32 bits per heavy atom. The SMILES string of the molecule is CCCNCc1c(Cl)cccc1N1CCOC(C)C1. The molecule has 106 valence electrons. The molecule has 2 rings (SSSR count). The molecule has 0 spiro atoms. The summed E-state index contributed by atoms with van der Waals surface area (Å²) in [6.07, 6.45) is 1.41. The van der Waals surface area contributed by atoms with Gasteiger partial charge >= 0.3 is 0 Å². The van der Waals surface area contributed by atoms with Crippen molar-refractivity contribution < 1.29 is 4.74 Å². The van der Waals surface area contributed by atoms with Crippen LogP contribution < -0.4 is 10.2 Å². The third-order valence-corrected chi connectivity index (χ3v) is 3.76. The van der Waals surface area contributed by atoms with Crippen molar-refractivity contribution in [3.05, 3.63) is 28.8 Å². The Morgan fingerprint density at radius 1 is 1.47 bits per heavy atom. The van der Waals surface area contributed by atoms with Crippen LogP contribution in [0.1, 0.15) is 25.8 Å². The average Bonchev–Trinajstić information content (AvgIpc) is 2.41. The van der Waals surface area contributed by atoms with Crippen molar-refractivity contribution in [1.82, 2.24) is 5.32 Å². The van der Waals surface area contributed by atoms with E-state index in [1.54, 1.807) is 0 Å². The lowest BCUT2D eigenvalue weighted by molar-refractivity contribution is 0.0531. The summed E-state index contributed by atoms with van der Waals surface area (Å²) in [5.74, 6) is 0. The standard InChI is InChI=1S/C15H23ClN2O/c1-3-7-17-10-13-14(16)5-4-6-15(13)18-8-9-19-12(2)11-18/h4-6,12,17H,3,7-11H2,1-2H3. The maximum atomic E-state index is 6.37. The lowest BCUT2D eigenvalue weighted by Gasteiger charge is -2.34. The number of anilines is 1. The van der Waals surface area contributed by atoms with E-state index in [-0.39, 0.29) is 6.10 Å². The number of hydrogen-bond donors (Lipinski definition) is 1. The van der Waals surface area contributed by atoms with Gasteiger partial charge in [-0.2, -0.15) is 0 Å². The normalized spacial score (nSPS) is 19.7. The van der Waals surface area contributed by atoms with Crippen molar-refractivity contribution in [3.63, 3.8) is 0 Å². The molecule has 1 unspecified atom stereocenters. The summed E-state index contributed by atoms with van der Waals surface area (Å²) in [6, 6.07) is 6.16. The van der Waals surface area contributed by atoms with Gasteiger partial charge in [0.15, 0.2) is 0 Å². The minimum absolute atomic E-state index is 0.282. The number of hydrogen-bond acceptors (Lipinski definition) is 3. The molecule has 1 saturated heterocycles. The first-order valence-electron chi connectivity index (χ1n) is 7.07. The molecule has 1 aliphatic rings. The van der Waals surface area contributed by atoms with Crippen LogP contribution in [0.5, 0.6) is 0 Å². The number of nitrogens with one attached hydrogen (secondary N) is 1. The van der Waals surface area contributed by atoms with E-state index in [1.165, 1.54) is 11.3 Å². The zero-order valence-electron chi connectivity index (χ0n) is 11.8. The maximum Gasteiger partial charge on any atom is 0.0722 e. The van der Waals surface area contributed by atoms with Crippen LogP contribution >= 0.6 is 11.6 Å².